The molecule has 0 spiro atoms. The van der Waals surface area contributed by atoms with Crippen molar-refractivity contribution in [2.24, 2.45) is 0 Å². The van der Waals surface area contributed by atoms with E-state index in [2.05, 4.69) is 4.98 Å². The number of thiazole rings is 1. The molecule has 17 heavy (non-hydrogen) atoms. The van der Waals surface area contributed by atoms with Crippen LogP contribution in [0.2, 0.25) is 0 Å². The second kappa shape index (κ2) is 4.42. The van der Waals surface area contributed by atoms with Crippen molar-refractivity contribution in [1.82, 2.24) is 4.98 Å². The third-order valence-electron chi connectivity index (χ3n) is 2.30. The first-order valence-corrected chi connectivity index (χ1v) is 5.60. The van der Waals surface area contributed by atoms with Crippen LogP contribution in [0.4, 0.5) is 5.69 Å². The number of rotatable bonds is 3. The highest BCUT2D eigenvalue weighted by Crippen LogP contribution is 2.30. The average molecular weight is 248 g/mol. The number of carbonyl (C=O) groups excluding carboxylic acids is 1. The molecule has 0 atom stereocenters. The lowest BCUT2D eigenvalue weighted by Gasteiger charge is -2.01. The Labute approximate surface area is 101 Å². The molecule has 2 rings (SSSR count). The van der Waals surface area contributed by atoms with Crippen LogP contribution in [-0.2, 0) is 0 Å². The van der Waals surface area contributed by atoms with E-state index >= 15 is 0 Å². The van der Waals surface area contributed by atoms with E-state index < -0.39 is 4.92 Å². The number of nitrogens with zero attached hydrogens (tertiary/aromatic N) is 2. The number of hydrogen-bond donors (Lipinski definition) is 0. The Morgan fingerprint density at radius 2 is 2.24 bits per heavy atom. The summed E-state index contributed by atoms with van der Waals surface area (Å²) in [5.41, 5.74) is 1.60. The lowest BCUT2D eigenvalue weighted by Crippen LogP contribution is -1.90. The fourth-order valence-electron chi connectivity index (χ4n) is 1.42. The molecule has 1 aromatic heterocycles. The van der Waals surface area contributed by atoms with Gasteiger partial charge < -0.3 is 0 Å². The number of aldehydes is 1. The molecule has 0 aliphatic carbocycles. The van der Waals surface area contributed by atoms with Gasteiger partial charge >= 0.3 is 0 Å². The van der Waals surface area contributed by atoms with Crippen LogP contribution in [0.25, 0.3) is 10.6 Å². The minimum atomic E-state index is -0.447. The van der Waals surface area contributed by atoms with Crippen LogP contribution in [0.15, 0.2) is 24.4 Å². The average Bonchev–Trinajstić information content (AvgIpc) is 2.77. The smallest absolute Gasteiger partial charge is 0.270 e. The number of non-ortho nitro benzene ring substituents is 1. The van der Waals surface area contributed by atoms with Gasteiger partial charge in [-0.25, -0.2) is 4.98 Å². The number of carbonyl (C=O) groups is 1. The highest BCUT2D eigenvalue weighted by molar-refractivity contribution is 7.16. The second-order valence-electron chi connectivity index (χ2n) is 3.44. The fourth-order valence-corrected chi connectivity index (χ4v) is 2.23. The summed E-state index contributed by atoms with van der Waals surface area (Å²) in [6, 6.07) is 4.60. The van der Waals surface area contributed by atoms with Crippen molar-refractivity contribution in [3.8, 4) is 10.6 Å². The number of nitro benzene ring substituents is 1. The summed E-state index contributed by atoms with van der Waals surface area (Å²) in [5, 5.41) is 11.3. The van der Waals surface area contributed by atoms with Gasteiger partial charge in [-0.15, -0.1) is 11.3 Å². The summed E-state index contributed by atoms with van der Waals surface area (Å²) in [6.07, 6.45) is 2.18. The molecule has 2 aromatic rings. The molecule has 0 N–H and O–H groups in total. The molecule has 1 heterocycles. The van der Waals surface area contributed by atoms with Crippen molar-refractivity contribution < 1.29 is 9.72 Å². The van der Waals surface area contributed by atoms with Crippen molar-refractivity contribution in [2.45, 2.75) is 6.92 Å². The van der Waals surface area contributed by atoms with Crippen LogP contribution >= 0.6 is 11.3 Å². The van der Waals surface area contributed by atoms with Crippen molar-refractivity contribution in [3.05, 3.63) is 45.0 Å². The van der Waals surface area contributed by atoms with Crippen LogP contribution in [0.1, 0.15) is 15.2 Å². The Bertz CT molecular complexity index is 592. The van der Waals surface area contributed by atoms with Gasteiger partial charge in [0.2, 0.25) is 0 Å². The van der Waals surface area contributed by atoms with E-state index in [9.17, 15) is 14.9 Å². The monoisotopic (exact) mass is 248 g/mol. The molecule has 0 bridgehead atoms. The van der Waals surface area contributed by atoms with Crippen LogP contribution in [0.5, 0.6) is 0 Å². The van der Waals surface area contributed by atoms with Gasteiger partial charge in [0.05, 0.1) is 9.80 Å². The maximum absolute atomic E-state index is 10.7. The molecule has 5 nitrogen and oxygen atoms in total. The second-order valence-corrected chi connectivity index (χ2v) is 4.50. The van der Waals surface area contributed by atoms with Crippen LogP contribution in [0, 0.1) is 17.0 Å². The molecule has 6 heteroatoms. The zero-order valence-corrected chi connectivity index (χ0v) is 9.73. The van der Waals surface area contributed by atoms with Crippen LogP contribution in [-0.4, -0.2) is 16.2 Å². The maximum atomic E-state index is 10.7. The molecular formula is C11H8N2O3S. The molecule has 1 aromatic carbocycles. The normalized spacial score (nSPS) is 10.2. The van der Waals surface area contributed by atoms with E-state index in [0.29, 0.717) is 21.7 Å². The van der Waals surface area contributed by atoms with E-state index in [4.69, 9.17) is 0 Å². The molecule has 0 unspecified atom stereocenters. The van der Waals surface area contributed by atoms with Gasteiger partial charge in [-0.3, -0.25) is 14.9 Å². The Balaban J connectivity index is 2.53. The molecule has 0 amide bonds. The Morgan fingerprint density at radius 1 is 1.47 bits per heavy atom. The molecule has 0 aliphatic heterocycles. The first-order chi connectivity index (χ1) is 8.11. The topological polar surface area (TPSA) is 73.1 Å². The minimum absolute atomic E-state index is 0.0217. The van der Waals surface area contributed by atoms with Gasteiger partial charge in [-0.2, -0.15) is 0 Å². The summed E-state index contributed by atoms with van der Waals surface area (Å²) in [6.45, 7) is 1.85. The summed E-state index contributed by atoms with van der Waals surface area (Å²) in [7, 11) is 0. The van der Waals surface area contributed by atoms with Gasteiger partial charge in [-0.05, 0) is 12.5 Å². The first kappa shape index (κ1) is 11.4. The number of benzene rings is 1. The summed E-state index contributed by atoms with van der Waals surface area (Å²) in [4.78, 5) is 25.4. The van der Waals surface area contributed by atoms with Crippen LogP contribution < -0.4 is 0 Å². The van der Waals surface area contributed by atoms with Crippen molar-refractivity contribution in [3.63, 3.8) is 0 Å². The first-order valence-electron chi connectivity index (χ1n) is 4.78. The Hall–Kier alpha value is -2.08. The lowest BCUT2D eigenvalue weighted by atomic mass is 10.1. The van der Waals surface area contributed by atoms with Crippen molar-refractivity contribution >= 4 is 23.3 Å². The number of aromatic nitrogens is 1. The highest BCUT2D eigenvalue weighted by Gasteiger charge is 2.12. The third kappa shape index (κ3) is 2.21. The molecular weight excluding hydrogens is 240 g/mol. The summed E-state index contributed by atoms with van der Waals surface area (Å²) < 4.78 is 0. The number of aryl methyl sites for hydroxylation is 1. The van der Waals surface area contributed by atoms with Gasteiger partial charge in [0, 0.05) is 23.9 Å². The maximum Gasteiger partial charge on any atom is 0.270 e. The van der Waals surface area contributed by atoms with E-state index in [1.165, 1.54) is 29.7 Å². The predicted molar refractivity (Wildman–Crippen MR) is 64.3 cm³/mol. The zero-order valence-electron chi connectivity index (χ0n) is 8.91. The molecule has 86 valence electrons. The molecule has 0 aliphatic rings. The Kier molecular flexibility index (Phi) is 2.97. The van der Waals surface area contributed by atoms with Crippen LogP contribution in [0.3, 0.4) is 0 Å². The lowest BCUT2D eigenvalue weighted by molar-refractivity contribution is -0.384. The quantitative estimate of drug-likeness (QED) is 0.475. The predicted octanol–water partition coefficient (Wildman–Crippen LogP) is 2.84. The fraction of sp³-hybridized carbons (Fsp3) is 0.0909. The van der Waals surface area contributed by atoms with Gasteiger partial charge in [0.1, 0.15) is 5.01 Å². The standard InChI is InChI=1S/C11H8N2O3S/c1-7-2-3-8(13(15)16)4-10(7)11-12-5-9(6-14)17-11/h2-6H,1H3. The molecule has 0 radical (unpaired) electrons. The molecule has 0 saturated carbocycles. The van der Waals surface area contributed by atoms with Gasteiger partial charge in [-0.1, -0.05) is 6.07 Å². The third-order valence-corrected chi connectivity index (χ3v) is 3.26. The minimum Gasteiger partial charge on any atom is -0.297 e. The van der Waals surface area contributed by atoms with E-state index in [-0.39, 0.29) is 5.69 Å². The van der Waals surface area contributed by atoms with E-state index in [1.807, 2.05) is 6.92 Å². The summed E-state index contributed by atoms with van der Waals surface area (Å²) in [5.74, 6) is 0. The van der Waals surface area contributed by atoms with E-state index in [0.717, 1.165) is 5.56 Å². The summed E-state index contributed by atoms with van der Waals surface area (Å²) >= 11 is 1.22. The zero-order chi connectivity index (χ0) is 12.4. The number of nitro groups is 1. The van der Waals surface area contributed by atoms with Gasteiger partial charge in [0.25, 0.3) is 5.69 Å². The van der Waals surface area contributed by atoms with Crippen molar-refractivity contribution in [1.29, 1.82) is 0 Å². The molecule has 0 saturated heterocycles. The Morgan fingerprint density at radius 3 is 2.82 bits per heavy atom. The van der Waals surface area contributed by atoms with Gasteiger partial charge in [0.15, 0.2) is 6.29 Å². The van der Waals surface area contributed by atoms with Crippen molar-refractivity contribution in [2.75, 3.05) is 0 Å². The molecule has 0 fully saturated rings. The number of hydrogen-bond acceptors (Lipinski definition) is 5. The highest BCUT2D eigenvalue weighted by atomic mass is 32.1. The SMILES string of the molecule is Cc1ccc([N+](=O)[O-])cc1-c1ncc(C=O)s1. The van der Waals surface area contributed by atoms with E-state index in [1.54, 1.807) is 6.07 Å². The largest absolute Gasteiger partial charge is 0.297 e.